The molecule has 1 N–H and O–H groups in total. The minimum absolute atomic E-state index is 0.175. The number of amides is 1. The highest BCUT2D eigenvalue weighted by atomic mass is 19.4. The summed E-state index contributed by atoms with van der Waals surface area (Å²) in [6.07, 6.45) is 1.03. The van der Waals surface area contributed by atoms with Gasteiger partial charge in [-0.2, -0.15) is 13.2 Å². The molecule has 0 spiro atoms. The van der Waals surface area contributed by atoms with E-state index in [1.165, 1.54) is 18.2 Å². The summed E-state index contributed by atoms with van der Waals surface area (Å²) in [7, 11) is 0. The Kier molecular flexibility index (Phi) is 4.97. The fraction of sp³-hybridized carbons (Fsp3) is 0.263. The van der Waals surface area contributed by atoms with Crippen LogP contribution in [0.4, 0.5) is 13.2 Å². The molecule has 0 saturated heterocycles. The van der Waals surface area contributed by atoms with E-state index in [4.69, 9.17) is 4.74 Å². The van der Waals surface area contributed by atoms with Gasteiger partial charge in [0.05, 0.1) is 11.6 Å². The van der Waals surface area contributed by atoms with Gasteiger partial charge in [-0.3, -0.25) is 9.78 Å². The zero-order chi connectivity index (χ0) is 18.7. The number of hydrogen-bond donors (Lipinski definition) is 1. The van der Waals surface area contributed by atoms with Crippen molar-refractivity contribution in [3.05, 3.63) is 72.1 Å². The first-order valence-electron chi connectivity index (χ1n) is 8.09. The van der Waals surface area contributed by atoms with E-state index in [0.717, 1.165) is 23.3 Å². The average molecular weight is 362 g/mol. The van der Waals surface area contributed by atoms with Crippen LogP contribution >= 0.6 is 0 Å². The lowest BCUT2D eigenvalue weighted by atomic mass is 9.87. The fourth-order valence-electron chi connectivity index (χ4n) is 3.02. The van der Waals surface area contributed by atoms with Crippen molar-refractivity contribution in [2.75, 3.05) is 0 Å². The minimum atomic E-state index is -4.38. The van der Waals surface area contributed by atoms with Crippen LogP contribution in [0.5, 0.6) is 5.75 Å². The largest absolute Gasteiger partial charge is 0.486 e. The lowest BCUT2D eigenvalue weighted by Crippen LogP contribution is -2.31. The number of carbonyl (C=O) groups excluding carboxylic acids is 1. The Bertz CT molecular complexity index is 803. The molecule has 7 heteroatoms. The number of nitrogens with one attached hydrogen (secondary N) is 1. The van der Waals surface area contributed by atoms with Crippen LogP contribution in [-0.2, 0) is 11.0 Å². The number of pyridine rings is 1. The molecule has 0 saturated carbocycles. The van der Waals surface area contributed by atoms with Crippen molar-refractivity contribution in [3.8, 4) is 5.75 Å². The molecule has 0 aliphatic heterocycles. The quantitative estimate of drug-likeness (QED) is 0.823. The lowest BCUT2D eigenvalue weighted by Gasteiger charge is -2.31. The van der Waals surface area contributed by atoms with Crippen molar-refractivity contribution < 1.29 is 22.7 Å². The molecule has 4 nitrogen and oxygen atoms in total. The van der Waals surface area contributed by atoms with Gasteiger partial charge in [-0.1, -0.05) is 6.58 Å². The number of ether oxygens (including phenoxy) is 1. The Morgan fingerprint density at radius 1 is 1.19 bits per heavy atom. The van der Waals surface area contributed by atoms with E-state index < -0.39 is 11.7 Å². The molecular weight excluding hydrogens is 345 g/mol. The molecular formula is C19H17F3N2O2. The molecule has 1 amide bonds. The molecule has 136 valence electrons. The van der Waals surface area contributed by atoms with E-state index in [0.29, 0.717) is 18.6 Å². The van der Waals surface area contributed by atoms with Gasteiger partial charge in [0.2, 0.25) is 5.91 Å². The third kappa shape index (κ3) is 3.87. The fourth-order valence-corrected chi connectivity index (χ4v) is 3.02. The highest BCUT2D eigenvalue weighted by Crippen LogP contribution is 2.39. The second kappa shape index (κ2) is 7.19. The zero-order valence-corrected chi connectivity index (χ0v) is 13.8. The Balaban J connectivity index is 1.79. The minimum Gasteiger partial charge on any atom is -0.486 e. The summed E-state index contributed by atoms with van der Waals surface area (Å²) in [5.41, 5.74) is 0.981. The second-order valence-electron chi connectivity index (χ2n) is 5.98. The molecule has 2 aromatic rings. The number of hydrogen-bond acceptors (Lipinski definition) is 3. The first kappa shape index (κ1) is 18.0. The van der Waals surface area contributed by atoms with Gasteiger partial charge in [-0.25, -0.2) is 0 Å². The summed E-state index contributed by atoms with van der Waals surface area (Å²) in [5, 5.41) is 2.87. The van der Waals surface area contributed by atoms with E-state index >= 15 is 0 Å². The van der Waals surface area contributed by atoms with Crippen LogP contribution in [0, 0.1) is 0 Å². The van der Waals surface area contributed by atoms with Crippen molar-refractivity contribution in [2.24, 2.45) is 0 Å². The predicted octanol–water partition coefficient (Wildman–Crippen LogP) is 4.36. The molecule has 1 aliphatic rings. The summed E-state index contributed by atoms with van der Waals surface area (Å²) < 4.78 is 43.9. The maximum absolute atomic E-state index is 12.7. The van der Waals surface area contributed by atoms with Gasteiger partial charge >= 0.3 is 6.18 Å². The summed E-state index contributed by atoms with van der Waals surface area (Å²) in [4.78, 5) is 15.7. The third-order valence-electron chi connectivity index (χ3n) is 4.29. The van der Waals surface area contributed by atoms with Crippen molar-refractivity contribution in [1.82, 2.24) is 10.3 Å². The highest BCUT2D eigenvalue weighted by molar-refractivity contribution is 5.87. The van der Waals surface area contributed by atoms with Gasteiger partial charge in [-0.05, 0) is 54.8 Å². The molecule has 1 aromatic heterocycles. The van der Waals surface area contributed by atoms with Gasteiger partial charge < -0.3 is 10.1 Å². The zero-order valence-electron chi connectivity index (χ0n) is 13.8. The summed E-state index contributed by atoms with van der Waals surface area (Å²) in [5.74, 6) is 0.0891. The Morgan fingerprint density at radius 3 is 2.58 bits per heavy atom. The van der Waals surface area contributed by atoms with Crippen molar-refractivity contribution >= 4 is 5.91 Å². The number of alkyl halides is 3. The van der Waals surface area contributed by atoms with Crippen LogP contribution in [-0.4, -0.2) is 10.9 Å². The SMILES string of the molecule is C=CC(=O)NC1CCC(Oc2ccc(C(F)(F)F)cc2)c2cnccc21. The summed E-state index contributed by atoms with van der Waals surface area (Å²) in [6.45, 7) is 3.45. The standard InChI is InChI=1S/C19H17F3N2O2/c1-2-18(25)24-16-7-8-17(15-11-23-10-9-14(15)16)26-13-5-3-12(4-6-13)19(20,21)22/h2-6,9-11,16-17H,1,7-8H2,(H,24,25). The second-order valence-corrected chi connectivity index (χ2v) is 5.98. The van der Waals surface area contributed by atoms with Crippen LogP contribution in [0.25, 0.3) is 0 Å². The Morgan fingerprint density at radius 2 is 1.92 bits per heavy atom. The Hall–Kier alpha value is -2.83. The maximum atomic E-state index is 12.7. The van der Waals surface area contributed by atoms with Crippen LogP contribution in [0.1, 0.15) is 41.7 Å². The van der Waals surface area contributed by atoms with Gasteiger partial charge in [0.25, 0.3) is 0 Å². The summed E-state index contributed by atoms with van der Waals surface area (Å²) >= 11 is 0. The number of carbonyl (C=O) groups is 1. The molecule has 3 rings (SSSR count). The third-order valence-corrected chi connectivity index (χ3v) is 4.29. The molecule has 26 heavy (non-hydrogen) atoms. The Labute approximate surface area is 148 Å². The highest BCUT2D eigenvalue weighted by Gasteiger charge is 2.31. The molecule has 1 aromatic carbocycles. The van der Waals surface area contributed by atoms with E-state index in [2.05, 4.69) is 16.9 Å². The molecule has 0 bridgehead atoms. The average Bonchev–Trinajstić information content (AvgIpc) is 2.63. The van der Waals surface area contributed by atoms with E-state index in [-0.39, 0.29) is 18.1 Å². The normalized spacial score (nSPS) is 19.3. The number of halogens is 3. The number of rotatable bonds is 4. The van der Waals surface area contributed by atoms with Crippen molar-refractivity contribution in [1.29, 1.82) is 0 Å². The number of nitrogens with zero attached hydrogens (tertiary/aromatic N) is 1. The van der Waals surface area contributed by atoms with E-state index in [1.54, 1.807) is 12.4 Å². The van der Waals surface area contributed by atoms with Gasteiger partial charge in [0.15, 0.2) is 0 Å². The first-order valence-corrected chi connectivity index (χ1v) is 8.09. The van der Waals surface area contributed by atoms with Crippen LogP contribution < -0.4 is 10.1 Å². The number of aromatic nitrogens is 1. The van der Waals surface area contributed by atoms with Gasteiger partial charge in [0.1, 0.15) is 11.9 Å². The van der Waals surface area contributed by atoms with Gasteiger partial charge in [-0.15, -0.1) is 0 Å². The topological polar surface area (TPSA) is 51.2 Å². The predicted molar refractivity (Wildman–Crippen MR) is 89.4 cm³/mol. The van der Waals surface area contributed by atoms with E-state index in [1.807, 2.05) is 6.07 Å². The lowest BCUT2D eigenvalue weighted by molar-refractivity contribution is -0.137. The van der Waals surface area contributed by atoms with Crippen molar-refractivity contribution in [2.45, 2.75) is 31.2 Å². The van der Waals surface area contributed by atoms with Crippen LogP contribution in [0.3, 0.4) is 0 Å². The smallest absolute Gasteiger partial charge is 0.416 e. The summed E-state index contributed by atoms with van der Waals surface area (Å²) in [6, 6.07) is 6.25. The monoisotopic (exact) mass is 362 g/mol. The first-order chi connectivity index (χ1) is 12.4. The number of fused-ring (bicyclic) bond motifs is 1. The van der Waals surface area contributed by atoms with Crippen LogP contribution in [0.2, 0.25) is 0 Å². The molecule has 2 unspecified atom stereocenters. The van der Waals surface area contributed by atoms with E-state index in [9.17, 15) is 18.0 Å². The molecule has 1 heterocycles. The molecule has 0 fully saturated rings. The van der Waals surface area contributed by atoms with Crippen molar-refractivity contribution in [3.63, 3.8) is 0 Å². The van der Waals surface area contributed by atoms with Crippen LogP contribution in [0.15, 0.2) is 55.4 Å². The molecule has 1 aliphatic carbocycles. The molecule has 0 radical (unpaired) electrons. The molecule has 2 atom stereocenters. The maximum Gasteiger partial charge on any atom is 0.416 e. The van der Waals surface area contributed by atoms with Gasteiger partial charge in [0, 0.05) is 18.0 Å². The number of benzene rings is 1.